The molecule has 3 atom stereocenters. The average Bonchev–Trinajstić information content (AvgIpc) is 3.01. The first-order valence-corrected chi connectivity index (χ1v) is 10.3. The van der Waals surface area contributed by atoms with E-state index in [2.05, 4.69) is 25.1 Å². The van der Waals surface area contributed by atoms with E-state index in [0.717, 1.165) is 43.1 Å². The van der Waals surface area contributed by atoms with Crippen LogP contribution in [0.3, 0.4) is 0 Å². The molecule has 0 unspecified atom stereocenters. The monoisotopic (exact) mass is 380 g/mol. The molecule has 0 bridgehead atoms. The van der Waals surface area contributed by atoms with Crippen LogP contribution in [-0.4, -0.2) is 18.0 Å². The SMILES string of the molecule is CC[C@]12CCc3c(ccc4c(C)c(OC(C)=O)ccc34)[C@@H]1CC[C@@H]2OC(C)=O. The fraction of sp³-hybridized carbons (Fsp3) is 0.500. The summed E-state index contributed by atoms with van der Waals surface area (Å²) in [6.45, 7) is 7.19. The fourth-order valence-electron chi connectivity index (χ4n) is 5.79. The van der Waals surface area contributed by atoms with Gasteiger partial charge >= 0.3 is 11.9 Å². The first-order valence-electron chi connectivity index (χ1n) is 10.3. The molecule has 4 rings (SSSR count). The molecule has 0 spiro atoms. The van der Waals surface area contributed by atoms with E-state index in [1.165, 1.54) is 30.4 Å². The highest BCUT2D eigenvalue weighted by Gasteiger charge is 2.53. The topological polar surface area (TPSA) is 52.6 Å². The Hall–Kier alpha value is -2.36. The van der Waals surface area contributed by atoms with Crippen molar-refractivity contribution in [3.05, 3.63) is 41.0 Å². The number of carbonyl (C=O) groups is 2. The predicted molar refractivity (Wildman–Crippen MR) is 109 cm³/mol. The van der Waals surface area contributed by atoms with E-state index in [-0.39, 0.29) is 23.5 Å². The molecule has 1 fully saturated rings. The zero-order chi connectivity index (χ0) is 20.1. The third-order valence-corrected chi connectivity index (χ3v) is 7.06. The minimum atomic E-state index is -0.296. The zero-order valence-electron chi connectivity index (χ0n) is 17.1. The van der Waals surface area contributed by atoms with Crippen LogP contribution < -0.4 is 4.74 Å². The van der Waals surface area contributed by atoms with Crippen molar-refractivity contribution >= 4 is 22.7 Å². The molecule has 0 N–H and O–H groups in total. The second-order valence-corrected chi connectivity index (χ2v) is 8.33. The second kappa shape index (κ2) is 6.91. The van der Waals surface area contributed by atoms with Crippen molar-refractivity contribution in [1.29, 1.82) is 0 Å². The van der Waals surface area contributed by atoms with E-state index in [0.29, 0.717) is 11.7 Å². The van der Waals surface area contributed by atoms with Gasteiger partial charge in [0.25, 0.3) is 0 Å². The number of aryl methyl sites for hydroxylation is 2. The number of hydrogen-bond acceptors (Lipinski definition) is 4. The second-order valence-electron chi connectivity index (χ2n) is 8.33. The molecule has 148 valence electrons. The van der Waals surface area contributed by atoms with Crippen molar-refractivity contribution in [3.63, 3.8) is 0 Å². The lowest BCUT2D eigenvalue weighted by atomic mass is 9.63. The van der Waals surface area contributed by atoms with Crippen LogP contribution in [0.15, 0.2) is 24.3 Å². The van der Waals surface area contributed by atoms with Crippen molar-refractivity contribution in [3.8, 4) is 5.75 Å². The summed E-state index contributed by atoms with van der Waals surface area (Å²) in [5, 5.41) is 2.41. The number of ether oxygens (including phenoxy) is 2. The Morgan fingerprint density at radius 3 is 2.50 bits per heavy atom. The van der Waals surface area contributed by atoms with Gasteiger partial charge in [-0.15, -0.1) is 0 Å². The normalized spacial score (nSPS) is 25.9. The van der Waals surface area contributed by atoms with E-state index in [1.54, 1.807) is 0 Å². The summed E-state index contributed by atoms with van der Waals surface area (Å²) in [5.41, 5.74) is 3.88. The van der Waals surface area contributed by atoms with Gasteiger partial charge in [-0.1, -0.05) is 25.1 Å². The smallest absolute Gasteiger partial charge is 0.308 e. The Balaban J connectivity index is 1.79. The van der Waals surface area contributed by atoms with Gasteiger partial charge in [0.05, 0.1) is 0 Å². The van der Waals surface area contributed by atoms with Crippen LogP contribution in [0.4, 0.5) is 0 Å². The molecule has 0 amide bonds. The van der Waals surface area contributed by atoms with E-state index < -0.39 is 0 Å². The van der Waals surface area contributed by atoms with E-state index >= 15 is 0 Å². The molecular formula is C24H28O4. The van der Waals surface area contributed by atoms with E-state index in [1.807, 2.05) is 13.0 Å². The van der Waals surface area contributed by atoms with Crippen molar-refractivity contribution in [2.45, 2.75) is 71.8 Å². The number of rotatable bonds is 3. The number of carbonyl (C=O) groups excluding carboxylic acids is 2. The molecule has 4 nitrogen and oxygen atoms in total. The maximum atomic E-state index is 11.6. The van der Waals surface area contributed by atoms with Crippen LogP contribution in [0.2, 0.25) is 0 Å². The summed E-state index contributed by atoms with van der Waals surface area (Å²) in [4.78, 5) is 23.0. The molecule has 0 heterocycles. The number of esters is 2. The van der Waals surface area contributed by atoms with Gasteiger partial charge < -0.3 is 9.47 Å². The molecule has 28 heavy (non-hydrogen) atoms. The summed E-state index contributed by atoms with van der Waals surface area (Å²) in [7, 11) is 0. The molecule has 0 radical (unpaired) electrons. The van der Waals surface area contributed by atoms with Crippen molar-refractivity contribution in [2.24, 2.45) is 5.41 Å². The Kier molecular flexibility index (Phi) is 4.68. The summed E-state index contributed by atoms with van der Waals surface area (Å²) in [5.74, 6) is 0.602. The van der Waals surface area contributed by atoms with Gasteiger partial charge in [-0.25, -0.2) is 0 Å². The summed E-state index contributed by atoms with van der Waals surface area (Å²) >= 11 is 0. The lowest BCUT2D eigenvalue weighted by Gasteiger charge is -2.43. The summed E-state index contributed by atoms with van der Waals surface area (Å²) in [6.07, 6.45) is 5.09. The van der Waals surface area contributed by atoms with Crippen LogP contribution in [0.1, 0.15) is 69.1 Å². The number of hydrogen-bond donors (Lipinski definition) is 0. The summed E-state index contributed by atoms with van der Waals surface area (Å²) < 4.78 is 11.1. The third kappa shape index (κ3) is 2.81. The highest BCUT2D eigenvalue weighted by atomic mass is 16.5. The van der Waals surface area contributed by atoms with Gasteiger partial charge in [0.1, 0.15) is 11.9 Å². The van der Waals surface area contributed by atoms with E-state index in [4.69, 9.17) is 9.47 Å². The van der Waals surface area contributed by atoms with E-state index in [9.17, 15) is 9.59 Å². The molecule has 1 saturated carbocycles. The number of fused-ring (bicyclic) bond motifs is 5. The standard InChI is InChI=1S/C24H28O4/c1-5-24-13-12-19-18-8-10-22(27-15(3)25)14(2)17(18)6-7-20(19)21(24)9-11-23(24)28-16(4)26/h6-8,10,21,23H,5,9,11-13H2,1-4H3/t21-,23-,24-/m0/s1. The minimum Gasteiger partial charge on any atom is -0.462 e. The zero-order valence-corrected chi connectivity index (χ0v) is 17.1. The Morgan fingerprint density at radius 1 is 1.07 bits per heavy atom. The van der Waals surface area contributed by atoms with Crippen LogP contribution in [0, 0.1) is 12.3 Å². The maximum Gasteiger partial charge on any atom is 0.308 e. The third-order valence-electron chi connectivity index (χ3n) is 7.06. The quantitative estimate of drug-likeness (QED) is 0.541. The maximum absolute atomic E-state index is 11.6. The molecule has 4 heteroatoms. The lowest BCUT2D eigenvalue weighted by molar-refractivity contribution is -0.153. The van der Waals surface area contributed by atoms with Gasteiger partial charge in [0, 0.05) is 19.3 Å². The van der Waals surface area contributed by atoms with Gasteiger partial charge in [-0.3, -0.25) is 9.59 Å². The largest absolute Gasteiger partial charge is 0.462 e. The number of benzene rings is 2. The molecule has 2 aromatic carbocycles. The molecule has 0 saturated heterocycles. The lowest BCUT2D eigenvalue weighted by Crippen LogP contribution is -2.40. The molecule has 2 aromatic rings. The Labute approximate surface area is 166 Å². The summed E-state index contributed by atoms with van der Waals surface area (Å²) in [6, 6.07) is 8.43. The fourth-order valence-corrected chi connectivity index (χ4v) is 5.79. The first kappa shape index (κ1) is 19.0. The van der Waals surface area contributed by atoms with Crippen molar-refractivity contribution in [2.75, 3.05) is 0 Å². The molecule has 2 aliphatic carbocycles. The molecule has 0 aromatic heterocycles. The Bertz CT molecular complexity index is 961. The minimum absolute atomic E-state index is 0.0249. The van der Waals surface area contributed by atoms with Crippen LogP contribution in [0.25, 0.3) is 10.8 Å². The van der Waals surface area contributed by atoms with Crippen molar-refractivity contribution < 1.29 is 19.1 Å². The molecular weight excluding hydrogens is 352 g/mol. The average molecular weight is 380 g/mol. The van der Waals surface area contributed by atoms with Gasteiger partial charge in [-0.05, 0) is 78.5 Å². The van der Waals surface area contributed by atoms with Crippen LogP contribution in [-0.2, 0) is 20.7 Å². The van der Waals surface area contributed by atoms with Gasteiger partial charge in [0.15, 0.2) is 0 Å². The predicted octanol–water partition coefficient (Wildman–Crippen LogP) is 5.23. The van der Waals surface area contributed by atoms with Gasteiger partial charge in [-0.2, -0.15) is 0 Å². The molecule has 2 aliphatic rings. The highest BCUT2D eigenvalue weighted by Crippen LogP contribution is 2.59. The highest BCUT2D eigenvalue weighted by molar-refractivity contribution is 5.92. The van der Waals surface area contributed by atoms with Gasteiger partial charge in [0.2, 0.25) is 0 Å². The van der Waals surface area contributed by atoms with Crippen LogP contribution >= 0.6 is 0 Å². The Morgan fingerprint density at radius 2 is 1.82 bits per heavy atom. The first-order chi connectivity index (χ1) is 13.4. The van der Waals surface area contributed by atoms with Crippen molar-refractivity contribution in [1.82, 2.24) is 0 Å². The molecule has 0 aliphatic heterocycles. The van der Waals surface area contributed by atoms with Crippen LogP contribution in [0.5, 0.6) is 5.75 Å².